The molecular weight excluding hydrogens is 300 g/mol. The van der Waals surface area contributed by atoms with E-state index in [4.69, 9.17) is 9.47 Å². The Morgan fingerprint density at radius 1 is 0.917 bits per heavy atom. The maximum atomic E-state index is 12.5. The van der Waals surface area contributed by atoms with Crippen molar-refractivity contribution in [3.8, 4) is 0 Å². The van der Waals surface area contributed by atoms with Crippen molar-refractivity contribution in [3.63, 3.8) is 0 Å². The Kier molecular flexibility index (Phi) is 3.21. The van der Waals surface area contributed by atoms with E-state index in [1.54, 1.807) is 5.57 Å². The van der Waals surface area contributed by atoms with Crippen molar-refractivity contribution in [2.45, 2.75) is 71.0 Å². The van der Waals surface area contributed by atoms with Crippen LogP contribution in [-0.4, -0.2) is 24.8 Å². The fourth-order valence-corrected chi connectivity index (χ4v) is 7.15. The third-order valence-corrected chi connectivity index (χ3v) is 8.61. The molecule has 0 radical (unpaired) electrons. The van der Waals surface area contributed by atoms with Gasteiger partial charge >= 0.3 is 0 Å². The summed E-state index contributed by atoms with van der Waals surface area (Å²) >= 11 is 0. The number of allylic oxidation sites excluding steroid dienone is 1. The molecule has 1 heterocycles. The van der Waals surface area contributed by atoms with E-state index in [0.717, 1.165) is 50.7 Å². The lowest BCUT2D eigenvalue weighted by Crippen LogP contribution is -2.52. The SMILES string of the molecule is CC12CCC3C(CCC4=CC5(CCC43C)OCCO5)C1CCC2=O. The van der Waals surface area contributed by atoms with E-state index in [0.29, 0.717) is 17.1 Å². The summed E-state index contributed by atoms with van der Waals surface area (Å²) in [6, 6.07) is 0. The molecule has 5 aliphatic rings. The topological polar surface area (TPSA) is 35.5 Å². The van der Waals surface area contributed by atoms with Crippen LogP contribution < -0.4 is 0 Å². The fourth-order valence-electron chi connectivity index (χ4n) is 7.15. The number of rotatable bonds is 0. The Balaban J connectivity index is 1.48. The second-order valence-electron chi connectivity index (χ2n) is 9.43. The molecule has 0 amide bonds. The average Bonchev–Trinajstić information content (AvgIpc) is 3.14. The smallest absolute Gasteiger partial charge is 0.188 e. The predicted molar refractivity (Wildman–Crippen MR) is 91.3 cm³/mol. The second kappa shape index (κ2) is 4.94. The Morgan fingerprint density at radius 3 is 2.46 bits per heavy atom. The Hall–Kier alpha value is -0.670. The minimum atomic E-state index is -0.409. The third-order valence-electron chi connectivity index (χ3n) is 8.61. The molecule has 5 atom stereocenters. The van der Waals surface area contributed by atoms with Gasteiger partial charge in [0, 0.05) is 18.3 Å². The highest BCUT2D eigenvalue weighted by Gasteiger charge is 2.60. The van der Waals surface area contributed by atoms with Gasteiger partial charge in [-0.15, -0.1) is 0 Å². The van der Waals surface area contributed by atoms with Crippen LogP contribution >= 0.6 is 0 Å². The van der Waals surface area contributed by atoms with Crippen molar-refractivity contribution in [1.29, 1.82) is 0 Å². The zero-order chi connectivity index (χ0) is 16.6. The highest BCUT2D eigenvalue weighted by molar-refractivity contribution is 5.87. The van der Waals surface area contributed by atoms with Crippen LogP contribution in [0, 0.1) is 28.6 Å². The van der Waals surface area contributed by atoms with Crippen LogP contribution in [-0.2, 0) is 14.3 Å². The molecule has 5 unspecified atom stereocenters. The van der Waals surface area contributed by atoms with Gasteiger partial charge in [0.25, 0.3) is 0 Å². The maximum Gasteiger partial charge on any atom is 0.188 e. The number of ketones is 1. The molecule has 4 aliphatic carbocycles. The zero-order valence-electron chi connectivity index (χ0n) is 15.1. The minimum Gasteiger partial charge on any atom is -0.344 e. The van der Waals surface area contributed by atoms with Crippen LogP contribution in [0.1, 0.15) is 65.2 Å². The first kappa shape index (κ1) is 15.6. The van der Waals surface area contributed by atoms with Gasteiger partial charge in [-0.25, -0.2) is 0 Å². The summed E-state index contributed by atoms with van der Waals surface area (Å²) in [6.07, 6.45) is 11.3. The zero-order valence-corrected chi connectivity index (χ0v) is 15.1. The summed E-state index contributed by atoms with van der Waals surface area (Å²) in [5, 5.41) is 0. The lowest BCUT2D eigenvalue weighted by molar-refractivity contribution is -0.146. The number of hydrogen-bond acceptors (Lipinski definition) is 3. The van der Waals surface area contributed by atoms with Gasteiger partial charge in [-0.3, -0.25) is 4.79 Å². The molecule has 3 nitrogen and oxygen atoms in total. The number of fused-ring (bicyclic) bond motifs is 5. The van der Waals surface area contributed by atoms with E-state index in [9.17, 15) is 4.79 Å². The van der Waals surface area contributed by atoms with Crippen molar-refractivity contribution in [3.05, 3.63) is 11.6 Å². The van der Waals surface area contributed by atoms with E-state index in [1.165, 1.54) is 25.7 Å². The monoisotopic (exact) mass is 330 g/mol. The second-order valence-corrected chi connectivity index (χ2v) is 9.43. The first-order chi connectivity index (χ1) is 11.5. The average molecular weight is 330 g/mol. The normalized spacial score (nSPS) is 49.5. The van der Waals surface area contributed by atoms with Crippen molar-refractivity contribution >= 4 is 5.78 Å². The first-order valence-electron chi connectivity index (χ1n) is 10.0. The van der Waals surface area contributed by atoms with E-state index in [2.05, 4.69) is 19.9 Å². The van der Waals surface area contributed by atoms with Crippen LogP contribution in [0.25, 0.3) is 0 Å². The summed E-state index contributed by atoms with van der Waals surface area (Å²) < 4.78 is 11.9. The predicted octanol–water partition coefficient (Wildman–Crippen LogP) is 4.26. The van der Waals surface area contributed by atoms with Crippen molar-refractivity contribution < 1.29 is 14.3 Å². The molecule has 3 heteroatoms. The number of ether oxygens (including phenoxy) is 2. The Bertz CT molecular complexity index is 602. The highest BCUT2D eigenvalue weighted by atomic mass is 16.7. The molecule has 0 aromatic rings. The van der Waals surface area contributed by atoms with Gasteiger partial charge in [0.15, 0.2) is 5.79 Å². The summed E-state index contributed by atoms with van der Waals surface area (Å²) in [6.45, 7) is 6.23. The van der Waals surface area contributed by atoms with Gasteiger partial charge in [-0.2, -0.15) is 0 Å². The number of carbonyl (C=O) groups is 1. The molecule has 1 aliphatic heterocycles. The standard InChI is InChI=1S/C21H30O3/c1-19-9-10-21(23-11-12-24-21)13-14(19)3-4-15-16-5-6-18(22)20(16,2)8-7-17(15)19/h13,15-17H,3-12H2,1-2H3. The van der Waals surface area contributed by atoms with Gasteiger partial charge in [0.2, 0.25) is 0 Å². The lowest BCUT2D eigenvalue weighted by Gasteiger charge is -2.58. The number of Topliss-reactive ketones (excluding diaryl/α,β-unsaturated/α-hetero) is 1. The van der Waals surface area contributed by atoms with Crippen LogP contribution in [0.4, 0.5) is 0 Å². The summed E-state index contributed by atoms with van der Waals surface area (Å²) in [5.41, 5.74) is 1.88. The van der Waals surface area contributed by atoms with Gasteiger partial charge < -0.3 is 9.47 Å². The molecular formula is C21H30O3. The van der Waals surface area contributed by atoms with E-state index in [-0.39, 0.29) is 5.41 Å². The Morgan fingerprint density at radius 2 is 1.67 bits per heavy atom. The summed E-state index contributed by atoms with van der Waals surface area (Å²) in [4.78, 5) is 12.5. The van der Waals surface area contributed by atoms with Crippen LogP contribution in [0.2, 0.25) is 0 Å². The quantitative estimate of drug-likeness (QED) is 0.623. The van der Waals surface area contributed by atoms with E-state index >= 15 is 0 Å². The minimum absolute atomic E-state index is 0.00763. The van der Waals surface area contributed by atoms with Gasteiger partial charge in [0.05, 0.1) is 13.2 Å². The van der Waals surface area contributed by atoms with Crippen LogP contribution in [0.3, 0.4) is 0 Å². The molecule has 0 bridgehead atoms. The number of carbonyl (C=O) groups excluding carboxylic acids is 1. The molecule has 0 aromatic carbocycles. The third kappa shape index (κ3) is 1.89. The van der Waals surface area contributed by atoms with E-state index < -0.39 is 5.79 Å². The summed E-state index contributed by atoms with van der Waals surface area (Å²) in [7, 11) is 0. The Labute approximate surface area is 145 Å². The molecule has 132 valence electrons. The van der Waals surface area contributed by atoms with Crippen molar-refractivity contribution in [1.82, 2.24) is 0 Å². The molecule has 1 spiro atoms. The molecule has 1 saturated heterocycles. The van der Waals surface area contributed by atoms with Crippen LogP contribution in [0.15, 0.2) is 11.6 Å². The summed E-state index contributed by atoms with van der Waals surface area (Å²) in [5.74, 6) is 2.27. The molecule has 5 rings (SSSR count). The highest BCUT2D eigenvalue weighted by Crippen LogP contribution is 2.65. The van der Waals surface area contributed by atoms with Gasteiger partial charge in [-0.1, -0.05) is 19.4 Å². The van der Waals surface area contributed by atoms with Crippen molar-refractivity contribution in [2.75, 3.05) is 13.2 Å². The van der Waals surface area contributed by atoms with Gasteiger partial charge in [0.1, 0.15) is 5.78 Å². The van der Waals surface area contributed by atoms with E-state index in [1.807, 2.05) is 0 Å². The molecule has 24 heavy (non-hydrogen) atoms. The van der Waals surface area contributed by atoms with Crippen molar-refractivity contribution in [2.24, 2.45) is 28.6 Å². The number of hydrogen-bond donors (Lipinski definition) is 0. The largest absolute Gasteiger partial charge is 0.344 e. The van der Waals surface area contributed by atoms with Crippen LogP contribution in [0.5, 0.6) is 0 Å². The molecule has 0 aromatic heterocycles. The molecule has 4 fully saturated rings. The molecule has 3 saturated carbocycles. The fraction of sp³-hybridized carbons (Fsp3) is 0.857. The maximum absolute atomic E-state index is 12.5. The lowest BCUT2D eigenvalue weighted by atomic mass is 9.47. The molecule has 0 N–H and O–H groups in total. The first-order valence-corrected chi connectivity index (χ1v) is 10.0. The van der Waals surface area contributed by atoms with Gasteiger partial charge in [-0.05, 0) is 67.8 Å².